The minimum atomic E-state index is -4.25. The SMILES string of the molecule is CNCCCN(C)C(c1ccccc1)C(F)(F)F. The molecule has 0 amide bonds. The Kier molecular flexibility index (Phi) is 5.62. The summed E-state index contributed by atoms with van der Waals surface area (Å²) in [5, 5.41) is 2.93. The van der Waals surface area contributed by atoms with E-state index in [-0.39, 0.29) is 5.56 Å². The fourth-order valence-corrected chi connectivity index (χ4v) is 1.96. The van der Waals surface area contributed by atoms with Crippen LogP contribution in [0.1, 0.15) is 18.0 Å². The summed E-state index contributed by atoms with van der Waals surface area (Å²) < 4.78 is 39.3. The van der Waals surface area contributed by atoms with E-state index < -0.39 is 12.2 Å². The van der Waals surface area contributed by atoms with Crippen molar-refractivity contribution in [1.82, 2.24) is 10.2 Å². The molecule has 0 heterocycles. The van der Waals surface area contributed by atoms with Gasteiger partial charge >= 0.3 is 6.18 Å². The average Bonchev–Trinajstić information content (AvgIpc) is 2.29. The second kappa shape index (κ2) is 6.75. The van der Waals surface area contributed by atoms with Crippen LogP contribution in [0.25, 0.3) is 0 Å². The van der Waals surface area contributed by atoms with E-state index in [2.05, 4.69) is 5.32 Å². The van der Waals surface area contributed by atoms with E-state index in [1.165, 1.54) is 24.1 Å². The summed E-state index contributed by atoms with van der Waals surface area (Å²) in [4.78, 5) is 1.35. The molecule has 0 bridgehead atoms. The van der Waals surface area contributed by atoms with Crippen molar-refractivity contribution in [3.05, 3.63) is 35.9 Å². The highest BCUT2D eigenvalue weighted by Crippen LogP contribution is 2.36. The van der Waals surface area contributed by atoms with Crippen LogP contribution in [0.4, 0.5) is 13.2 Å². The first-order chi connectivity index (χ1) is 8.46. The molecule has 0 saturated carbocycles. The molecule has 0 aliphatic heterocycles. The van der Waals surface area contributed by atoms with Gasteiger partial charge < -0.3 is 5.32 Å². The predicted octanol–water partition coefficient (Wildman–Crippen LogP) is 2.83. The molecule has 102 valence electrons. The first kappa shape index (κ1) is 15.0. The van der Waals surface area contributed by atoms with Crippen LogP contribution < -0.4 is 5.32 Å². The zero-order valence-electron chi connectivity index (χ0n) is 10.7. The van der Waals surface area contributed by atoms with Gasteiger partial charge in [-0.3, -0.25) is 4.90 Å². The lowest BCUT2D eigenvalue weighted by molar-refractivity contribution is -0.183. The largest absolute Gasteiger partial charge is 0.408 e. The Morgan fingerprint density at radius 2 is 1.83 bits per heavy atom. The molecule has 2 nitrogen and oxygen atoms in total. The van der Waals surface area contributed by atoms with Crippen molar-refractivity contribution in [3.63, 3.8) is 0 Å². The van der Waals surface area contributed by atoms with Gasteiger partial charge in [-0.05, 0) is 39.2 Å². The average molecular weight is 260 g/mol. The van der Waals surface area contributed by atoms with Crippen LogP contribution in [0, 0.1) is 0 Å². The third-order valence-electron chi connectivity index (χ3n) is 2.80. The summed E-state index contributed by atoms with van der Waals surface area (Å²) in [5.41, 5.74) is 0.289. The Morgan fingerprint density at radius 1 is 1.22 bits per heavy atom. The number of alkyl halides is 3. The van der Waals surface area contributed by atoms with Crippen molar-refractivity contribution in [2.75, 3.05) is 27.2 Å². The Morgan fingerprint density at radius 3 is 2.33 bits per heavy atom. The van der Waals surface area contributed by atoms with Crippen molar-refractivity contribution in [2.24, 2.45) is 0 Å². The van der Waals surface area contributed by atoms with E-state index in [0.717, 1.165) is 0 Å². The fourth-order valence-electron chi connectivity index (χ4n) is 1.96. The van der Waals surface area contributed by atoms with Crippen molar-refractivity contribution in [2.45, 2.75) is 18.6 Å². The molecule has 0 aromatic heterocycles. The Bertz CT molecular complexity index is 338. The molecular formula is C13H19F3N2. The number of nitrogens with one attached hydrogen (secondary N) is 1. The second-order valence-corrected chi connectivity index (χ2v) is 4.29. The van der Waals surface area contributed by atoms with E-state index in [1.807, 2.05) is 0 Å². The summed E-state index contributed by atoms with van der Waals surface area (Å²) in [6, 6.07) is 6.50. The van der Waals surface area contributed by atoms with Crippen molar-refractivity contribution < 1.29 is 13.2 Å². The lowest BCUT2D eigenvalue weighted by atomic mass is 10.1. The zero-order chi connectivity index (χ0) is 13.6. The van der Waals surface area contributed by atoms with Crippen molar-refractivity contribution in [1.29, 1.82) is 0 Å². The normalized spacial score (nSPS) is 13.9. The lowest BCUT2D eigenvalue weighted by Gasteiger charge is -2.30. The number of rotatable bonds is 6. The maximum atomic E-state index is 13.1. The van der Waals surface area contributed by atoms with Gasteiger partial charge in [-0.25, -0.2) is 0 Å². The van der Waals surface area contributed by atoms with Crippen LogP contribution in [0.2, 0.25) is 0 Å². The lowest BCUT2D eigenvalue weighted by Crippen LogP contribution is -2.37. The topological polar surface area (TPSA) is 15.3 Å². The Labute approximate surface area is 106 Å². The smallest absolute Gasteiger partial charge is 0.320 e. The van der Waals surface area contributed by atoms with Gasteiger partial charge in [0, 0.05) is 0 Å². The number of hydrogen-bond donors (Lipinski definition) is 1. The second-order valence-electron chi connectivity index (χ2n) is 4.29. The van der Waals surface area contributed by atoms with Gasteiger partial charge in [0.25, 0.3) is 0 Å². The fraction of sp³-hybridized carbons (Fsp3) is 0.538. The minimum absolute atomic E-state index is 0.289. The molecule has 1 aromatic rings. The number of hydrogen-bond acceptors (Lipinski definition) is 2. The van der Waals surface area contributed by atoms with E-state index >= 15 is 0 Å². The molecule has 0 aliphatic rings. The molecule has 0 spiro atoms. The molecule has 0 radical (unpaired) electrons. The first-order valence-electron chi connectivity index (χ1n) is 5.93. The quantitative estimate of drug-likeness (QED) is 0.791. The van der Waals surface area contributed by atoms with E-state index in [9.17, 15) is 13.2 Å². The van der Waals surface area contributed by atoms with Crippen molar-refractivity contribution >= 4 is 0 Å². The van der Waals surface area contributed by atoms with Gasteiger partial charge in [-0.15, -0.1) is 0 Å². The van der Waals surface area contributed by atoms with E-state index in [4.69, 9.17) is 0 Å². The van der Waals surface area contributed by atoms with Gasteiger partial charge in [0.05, 0.1) is 0 Å². The number of nitrogens with zero attached hydrogens (tertiary/aromatic N) is 1. The third-order valence-corrected chi connectivity index (χ3v) is 2.80. The molecule has 1 unspecified atom stereocenters. The molecule has 0 saturated heterocycles. The van der Waals surface area contributed by atoms with Crippen LogP contribution in [0.5, 0.6) is 0 Å². The highest BCUT2D eigenvalue weighted by Gasteiger charge is 2.43. The maximum absolute atomic E-state index is 13.1. The van der Waals surface area contributed by atoms with Crippen LogP contribution in [0.3, 0.4) is 0 Å². The predicted molar refractivity (Wildman–Crippen MR) is 66.4 cm³/mol. The molecule has 1 aromatic carbocycles. The van der Waals surface area contributed by atoms with Gasteiger partial charge in [-0.2, -0.15) is 13.2 Å². The summed E-state index contributed by atoms with van der Waals surface area (Å²) in [5.74, 6) is 0. The van der Waals surface area contributed by atoms with E-state index in [0.29, 0.717) is 19.5 Å². The van der Waals surface area contributed by atoms with Gasteiger partial charge in [0.2, 0.25) is 0 Å². The summed E-state index contributed by atoms with van der Waals surface area (Å²) in [6.07, 6.45) is -3.57. The molecule has 5 heteroatoms. The van der Waals surface area contributed by atoms with Crippen LogP contribution in [-0.2, 0) is 0 Å². The van der Waals surface area contributed by atoms with Gasteiger partial charge in [0.1, 0.15) is 6.04 Å². The van der Waals surface area contributed by atoms with Crippen LogP contribution in [0.15, 0.2) is 30.3 Å². The Balaban J connectivity index is 2.80. The zero-order valence-corrected chi connectivity index (χ0v) is 10.7. The van der Waals surface area contributed by atoms with Crippen molar-refractivity contribution in [3.8, 4) is 0 Å². The van der Waals surface area contributed by atoms with Crippen LogP contribution >= 0.6 is 0 Å². The maximum Gasteiger partial charge on any atom is 0.408 e. The summed E-state index contributed by atoms with van der Waals surface area (Å²) in [6.45, 7) is 1.11. The molecule has 0 aliphatic carbocycles. The Hall–Kier alpha value is -1.07. The van der Waals surface area contributed by atoms with Gasteiger partial charge in [0.15, 0.2) is 0 Å². The molecule has 0 fully saturated rings. The molecule has 1 rings (SSSR count). The first-order valence-corrected chi connectivity index (χ1v) is 5.93. The molecular weight excluding hydrogens is 241 g/mol. The summed E-state index contributed by atoms with van der Waals surface area (Å²) >= 11 is 0. The van der Waals surface area contributed by atoms with Gasteiger partial charge in [-0.1, -0.05) is 30.3 Å². The molecule has 18 heavy (non-hydrogen) atoms. The van der Waals surface area contributed by atoms with E-state index in [1.54, 1.807) is 25.2 Å². The highest BCUT2D eigenvalue weighted by atomic mass is 19.4. The molecule has 1 atom stereocenters. The monoisotopic (exact) mass is 260 g/mol. The third kappa shape index (κ3) is 4.31. The minimum Gasteiger partial charge on any atom is -0.320 e. The standard InChI is InChI=1S/C13H19F3N2/c1-17-9-6-10-18(2)12(13(14,15)16)11-7-4-3-5-8-11/h3-5,7-8,12,17H,6,9-10H2,1-2H3. The number of benzene rings is 1. The molecule has 1 N–H and O–H groups in total. The highest BCUT2D eigenvalue weighted by molar-refractivity contribution is 5.20. The number of halogens is 3. The summed E-state index contributed by atoms with van der Waals surface area (Å²) in [7, 11) is 3.30. The van der Waals surface area contributed by atoms with Crippen LogP contribution in [-0.4, -0.2) is 38.3 Å².